The van der Waals surface area contributed by atoms with E-state index in [1.54, 1.807) is 0 Å². The van der Waals surface area contributed by atoms with Crippen LogP contribution in [0.2, 0.25) is 0 Å². The van der Waals surface area contributed by atoms with Gasteiger partial charge in [-0.2, -0.15) is 0 Å². The number of amides is 1. The van der Waals surface area contributed by atoms with Gasteiger partial charge in [-0.1, -0.05) is 6.42 Å². The molecule has 3 fully saturated rings. The summed E-state index contributed by atoms with van der Waals surface area (Å²) in [4.78, 5) is 22.5. The summed E-state index contributed by atoms with van der Waals surface area (Å²) < 4.78 is 2.26. The van der Waals surface area contributed by atoms with Crippen molar-refractivity contribution in [3.8, 4) is 5.82 Å². The highest BCUT2D eigenvalue weighted by atomic mass is 16.2. The Balaban J connectivity index is 1.44. The second-order valence-corrected chi connectivity index (χ2v) is 8.83. The fraction of sp³-hybridized carbons (Fsp3) is 0.545. The molecule has 2 aliphatic heterocycles. The van der Waals surface area contributed by atoms with Crippen LogP contribution < -0.4 is 4.90 Å². The molecule has 1 unspecified atom stereocenters. The van der Waals surface area contributed by atoms with E-state index >= 15 is 0 Å². The van der Waals surface area contributed by atoms with E-state index in [9.17, 15) is 4.79 Å². The lowest BCUT2D eigenvalue weighted by molar-refractivity contribution is -0.137. The molecule has 0 aromatic carbocycles. The molecule has 27 heavy (non-hydrogen) atoms. The van der Waals surface area contributed by atoms with E-state index in [-0.39, 0.29) is 11.5 Å². The van der Waals surface area contributed by atoms with Crippen molar-refractivity contribution in [2.75, 3.05) is 24.5 Å². The summed E-state index contributed by atoms with van der Waals surface area (Å²) in [5.74, 6) is 2.49. The third-order valence-corrected chi connectivity index (χ3v) is 7.18. The summed E-state index contributed by atoms with van der Waals surface area (Å²) in [6, 6.07) is 8.64. The summed E-state index contributed by atoms with van der Waals surface area (Å²) in [5.41, 5.74) is 2.42. The Morgan fingerprint density at radius 3 is 2.85 bits per heavy atom. The normalized spacial score (nSPS) is 26.8. The maximum absolute atomic E-state index is 13.0. The van der Waals surface area contributed by atoms with Crippen LogP contribution in [0.3, 0.4) is 0 Å². The molecule has 6 rings (SSSR count). The number of hydrogen-bond donors (Lipinski definition) is 0. The van der Waals surface area contributed by atoms with Crippen LogP contribution in [0.1, 0.15) is 44.2 Å². The smallest absolute Gasteiger partial charge is 0.225 e. The van der Waals surface area contributed by atoms with Crippen molar-refractivity contribution in [3.63, 3.8) is 0 Å². The number of carbonyl (C=O) groups excluding carboxylic acids is 1. The lowest BCUT2D eigenvalue weighted by atomic mass is 9.84. The third-order valence-electron chi connectivity index (χ3n) is 7.18. The first-order valence-electron chi connectivity index (χ1n) is 10.5. The maximum Gasteiger partial charge on any atom is 0.225 e. The van der Waals surface area contributed by atoms with E-state index in [4.69, 9.17) is 4.98 Å². The van der Waals surface area contributed by atoms with Gasteiger partial charge in [-0.25, -0.2) is 4.98 Å². The fourth-order valence-electron chi connectivity index (χ4n) is 5.25. The van der Waals surface area contributed by atoms with E-state index in [0.29, 0.717) is 5.91 Å². The zero-order valence-corrected chi connectivity index (χ0v) is 15.7. The molecule has 1 amide bonds. The van der Waals surface area contributed by atoms with Crippen LogP contribution in [0.15, 0.2) is 36.7 Å². The van der Waals surface area contributed by atoms with Crippen molar-refractivity contribution in [2.24, 2.45) is 11.8 Å². The Hall–Kier alpha value is -2.30. The predicted molar refractivity (Wildman–Crippen MR) is 104 cm³/mol. The molecule has 0 bridgehead atoms. The molecule has 2 aromatic rings. The van der Waals surface area contributed by atoms with Crippen LogP contribution in [0, 0.1) is 11.8 Å². The molecule has 2 aliphatic carbocycles. The first-order valence-corrected chi connectivity index (χ1v) is 10.5. The standard InChI is InChI=1S/C22H26N4O/c27-21(17-4-1-5-17)24-13-10-22(15-24)19-7-3-12-25(19)20-18(6-2-11-23-20)26(22)14-16-8-9-16/h2-3,6-7,11-12,16-17H,1,4-5,8-10,13-15H2. The van der Waals surface area contributed by atoms with Gasteiger partial charge in [0.2, 0.25) is 5.91 Å². The van der Waals surface area contributed by atoms with Crippen molar-refractivity contribution >= 4 is 11.6 Å². The minimum Gasteiger partial charge on any atom is -0.355 e. The van der Waals surface area contributed by atoms with E-state index < -0.39 is 0 Å². The van der Waals surface area contributed by atoms with Gasteiger partial charge in [0.15, 0.2) is 5.82 Å². The highest BCUT2D eigenvalue weighted by Crippen LogP contribution is 2.49. The summed E-state index contributed by atoms with van der Waals surface area (Å²) in [7, 11) is 0. The van der Waals surface area contributed by atoms with Gasteiger partial charge >= 0.3 is 0 Å². The lowest BCUT2D eigenvalue weighted by Gasteiger charge is -2.47. The van der Waals surface area contributed by atoms with Crippen LogP contribution >= 0.6 is 0 Å². The lowest BCUT2D eigenvalue weighted by Crippen LogP contribution is -2.54. The number of hydrogen-bond acceptors (Lipinski definition) is 3. The van der Waals surface area contributed by atoms with Crippen molar-refractivity contribution in [1.82, 2.24) is 14.5 Å². The average Bonchev–Trinajstić information content (AvgIpc) is 3.15. The van der Waals surface area contributed by atoms with Crippen LogP contribution in [0.25, 0.3) is 5.82 Å². The van der Waals surface area contributed by atoms with Crippen molar-refractivity contribution in [2.45, 2.75) is 44.1 Å². The Morgan fingerprint density at radius 1 is 1.19 bits per heavy atom. The van der Waals surface area contributed by atoms with Crippen LogP contribution in [-0.4, -0.2) is 40.0 Å². The quantitative estimate of drug-likeness (QED) is 0.841. The number of aromatic nitrogens is 2. The average molecular weight is 362 g/mol. The van der Waals surface area contributed by atoms with Gasteiger partial charge in [-0.3, -0.25) is 4.79 Å². The molecule has 0 N–H and O–H groups in total. The molecular formula is C22H26N4O. The van der Waals surface area contributed by atoms with Gasteiger partial charge in [0, 0.05) is 37.9 Å². The second-order valence-electron chi connectivity index (χ2n) is 8.83. The van der Waals surface area contributed by atoms with Gasteiger partial charge < -0.3 is 14.4 Å². The molecule has 4 heterocycles. The van der Waals surface area contributed by atoms with Gasteiger partial charge in [-0.05, 0) is 62.3 Å². The highest BCUT2D eigenvalue weighted by Gasteiger charge is 2.52. The van der Waals surface area contributed by atoms with Crippen molar-refractivity contribution in [3.05, 3.63) is 42.4 Å². The molecule has 2 saturated carbocycles. The highest BCUT2D eigenvalue weighted by molar-refractivity contribution is 5.80. The fourth-order valence-corrected chi connectivity index (χ4v) is 5.25. The Morgan fingerprint density at radius 2 is 2.07 bits per heavy atom. The maximum atomic E-state index is 13.0. The first kappa shape index (κ1) is 15.7. The summed E-state index contributed by atoms with van der Waals surface area (Å²) >= 11 is 0. The largest absolute Gasteiger partial charge is 0.355 e. The molecule has 140 valence electrons. The SMILES string of the molecule is O=C(C1CCC1)N1CCC2(C1)c1cccn1-c1ncccc1N2CC1CC1. The topological polar surface area (TPSA) is 41.4 Å². The van der Waals surface area contributed by atoms with Gasteiger partial charge in [0.1, 0.15) is 5.54 Å². The summed E-state index contributed by atoms with van der Waals surface area (Å²) in [6.07, 6.45) is 11.1. The molecular weight excluding hydrogens is 336 g/mol. The molecule has 1 atom stereocenters. The monoisotopic (exact) mass is 362 g/mol. The molecule has 1 spiro atoms. The Bertz CT molecular complexity index is 897. The predicted octanol–water partition coefficient (Wildman–Crippen LogP) is 3.33. The number of nitrogens with zero attached hydrogens (tertiary/aromatic N) is 4. The first-order chi connectivity index (χ1) is 13.3. The van der Waals surface area contributed by atoms with Crippen molar-refractivity contribution in [1.29, 1.82) is 0 Å². The van der Waals surface area contributed by atoms with Gasteiger partial charge in [0.25, 0.3) is 0 Å². The number of pyridine rings is 1. The van der Waals surface area contributed by atoms with Gasteiger partial charge in [-0.15, -0.1) is 0 Å². The molecule has 5 heteroatoms. The minimum atomic E-state index is -0.110. The zero-order chi connectivity index (χ0) is 18.0. The molecule has 5 nitrogen and oxygen atoms in total. The summed E-state index contributed by atoms with van der Waals surface area (Å²) in [6.45, 7) is 2.76. The number of likely N-dealkylation sites (tertiary alicyclic amines) is 1. The van der Waals surface area contributed by atoms with E-state index in [1.807, 2.05) is 12.3 Å². The molecule has 4 aliphatic rings. The van der Waals surface area contributed by atoms with Crippen LogP contribution in [0.4, 0.5) is 5.69 Å². The van der Waals surface area contributed by atoms with Crippen LogP contribution in [-0.2, 0) is 10.3 Å². The van der Waals surface area contributed by atoms with Gasteiger partial charge in [0.05, 0.1) is 11.4 Å². The zero-order valence-electron chi connectivity index (χ0n) is 15.7. The van der Waals surface area contributed by atoms with E-state index in [1.165, 1.54) is 30.6 Å². The molecule has 0 radical (unpaired) electrons. The second kappa shape index (κ2) is 5.60. The van der Waals surface area contributed by atoms with E-state index in [0.717, 1.165) is 50.6 Å². The Kier molecular flexibility index (Phi) is 3.26. The van der Waals surface area contributed by atoms with E-state index in [2.05, 4.69) is 38.8 Å². The minimum absolute atomic E-state index is 0.110. The van der Waals surface area contributed by atoms with Crippen LogP contribution in [0.5, 0.6) is 0 Å². The summed E-state index contributed by atoms with van der Waals surface area (Å²) in [5, 5.41) is 0. The number of fused-ring (bicyclic) bond motifs is 4. The Labute approximate surface area is 160 Å². The van der Waals surface area contributed by atoms with Crippen molar-refractivity contribution < 1.29 is 4.79 Å². The third kappa shape index (κ3) is 2.23. The number of carbonyl (C=O) groups is 1. The number of rotatable bonds is 3. The molecule has 2 aromatic heterocycles. The number of anilines is 1. The molecule has 1 saturated heterocycles.